The summed E-state index contributed by atoms with van der Waals surface area (Å²) in [5, 5.41) is 2.56. The van der Waals surface area contributed by atoms with Crippen LogP contribution in [0.15, 0.2) is 35.5 Å². The Hall–Kier alpha value is -2.30. The Balaban J connectivity index is 2.07. The number of ether oxygens (including phenoxy) is 1. The highest BCUT2D eigenvalue weighted by Gasteiger charge is 2.19. The fourth-order valence-electron chi connectivity index (χ4n) is 1.88. The zero-order valence-electron chi connectivity index (χ0n) is 11.0. The average molecular weight is 259 g/mol. The highest BCUT2D eigenvalue weighted by Crippen LogP contribution is 2.23. The summed E-state index contributed by atoms with van der Waals surface area (Å²) in [5.74, 6) is 0.592. The second-order valence-electron chi connectivity index (χ2n) is 4.38. The fourth-order valence-corrected chi connectivity index (χ4v) is 1.88. The summed E-state index contributed by atoms with van der Waals surface area (Å²) in [4.78, 5) is 15.6. The lowest BCUT2D eigenvalue weighted by atomic mass is 10.1. The van der Waals surface area contributed by atoms with Gasteiger partial charge in [-0.15, -0.1) is 0 Å². The number of aliphatic imine (C=N–C) groups is 1. The Morgan fingerprint density at radius 2 is 2.32 bits per heavy atom. The van der Waals surface area contributed by atoms with Crippen molar-refractivity contribution in [3.63, 3.8) is 0 Å². The van der Waals surface area contributed by atoms with E-state index >= 15 is 0 Å². The quantitative estimate of drug-likeness (QED) is 0.806. The predicted octanol–water partition coefficient (Wildman–Crippen LogP) is 1.43. The lowest BCUT2D eigenvalue weighted by Crippen LogP contribution is -2.33. The van der Waals surface area contributed by atoms with E-state index in [1.54, 1.807) is 19.3 Å². The molecule has 1 aliphatic rings. The van der Waals surface area contributed by atoms with Crippen molar-refractivity contribution in [2.24, 2.45) is 4.99 Å². The van der Waals surface area contributed by atoms with E-state index < -0.39 is 0 Å². The number of benzene rings is 1. The van der Waals surface area contributed by atoms with Crippen LogP contribution in [0.1, 0.15) is 12.0 Å². The lowest BCUT2D eigenvalue weighted by Gasteiger charge is -2.20. The smallest absolute Gasteiger partial charge is 0.265 e. The summed E-state index contributed by atoms with van der Waals surface area (Å²) >= 11 is 0. The first-order chi connectivity index (χ1) is 9.10. The molecule has 5 heteroatoms. The van der Waals surface area contributed by atoms with Crippen LogP contribution in [0.3, 0.4) is 0 Å². The van der Waals surface area contributed by atoms with E-state index in [1.807, 2.05) is 25.1 Å². The molecule has 0 spiro atoms. The summed E-state index contributed by atoms with van der Waals surface area (Å²) in [5.41, 5.74) is 7.85. The van der Waals surface area contributed by atoms with Crippen molar-refractivity contribution < 1.29 is 9.53 Å². The molecule has 0 aliphatic carbocycles. The van der Waals surface area contributed by atoms with Gasteiger partial charge in [-0.25, -0.2) is 0 Å². The maximum absolute atomic E-state index is 11.5. The monoisotopic (exact) mass is 259 g/mol. The highest BCUT2D eigenvalue weighted by atomic mass is 16.5. The van der Waals surface area contributed by atoms with Gasteiger partial charge in [0.2, 0.25) is 0 Å². The van der Waals surface area contributed by atoms with E-state index in [1.165, 1.54) is 0 Å². The van der Waals surface area contributed by atoms with Gasteiger partial charge in [-0.05, 0) is 36.8 Å². The zero-order valence-corrected chi connectivity index (χ0v) is 11.0. The Labute approximate surface area is 112 Å². The normalized spacial score (nSPS) is 17.8. The molecule has 1 atom stereocenters. The molecule has 0 saturated carbocycles. The van der Waals surface area contributed by atoms with Crippen LogP contribution in [0.5, 0.6) is 5.75 Å². The van der Waals surface area contributed by atoms with Crippen LogP contribution in [-0.2, 0) is 4.79 Å². The number of carbonyl (C=O) groups excluding carboxylic acids is 1. The van der Waals surface area contributed by atoms with Crippen molar-refractivity contribution in [3.8, 4) is 5.75 Å². The van der Waals surface area contributed by atoms with Crippen LogP contribution in [-0.4, -0.2) is 24.8 Å². The molecule has 1 unspecified atom stereocenters. The highest BCUT2D eigenvalue weighted by molar-refractivity contribution is 6.39. The van der Waals surface area contributed by atoms with Gasteiger partial charge in [0.1, 0.15) is 17.6 Å². The number of nitrogens with one attached hydrogen (secondary N) is 1. The number of anilines is 1. The van der Waals surface area contributed by atoms with E-state index in [2.05, 4.69) is 10.3 Å². The van der Waals surface area contributed by atoms with Gasteiger partial charge in [-0.1, -0.05) is 0 Å². The molecule has 1 amide bonds. The number of nitrogens with zero attached hydrogens (tertiary/aromatic N) is 1. The summed E-state index contributed by atoms with van der Waals surface area (Å²) in [6.07, 6.45) is 3.71. The molecule has 1 heterocycles. The van der Waals surface area contributed by atoms with Gasteiger partial charge >= 0.3 is 0 Å². The lowest BCUT2D eigenvalue weighted by molar-refractivity contribution is -0.114. The molecule has 1 aromatic carbocycles. The largest absolute Gasteiger partial charge is 0.486 e. The standard InChI is InChI=1S/C14H17N3O2/c1-9-7-10(15)3-4-13(9)19-11-5-6-17-12(8-11)14(18)16-2/h3-7,11H,8,15H2,1-2H3,(H,16,18). The van der Waals surface area contributed by atoms with E-state index in [-0.39, 0.29) is 12.0 Å². The molecule has 0 bridgehead atoms. The Bertz CT molecular complexity index is 550. The fraction of sp³-hybridized carbons (Fsp3) is 0.286. The first-order valence-electron chi connectivity index (χ1n) is 6.08. The topological polar surface area (TPSA) is 76.7 Å². The Kier molecular flexibility index (Phi) is 3.85. The van der Waals surface area contributed by atoms with Crippen LogP contribution in [0.2, 0.25) is 0 Å². The second kappa shape index (κ2) is 5.56. The minimum atomic E-state index is -0.188. The molecule has 2 rings (SSSR count). The van der Waals surface area contributed by atoms with E-state index in [9.17, 15) is 4.79 Å². The SMILES string of the molecule is CNC(=O)C1=NC=CC(Oc2ccc(N)cc2C)C1. The number of nitrogens with two attached hydrogens (primary N) is 1. The number of hydrogen-bond acceptors (Lipinski definition) is 4. The Morgan fingerprint density at radius 3 is 3.00 bits per heavy atom. The van der Waals surface area contributed by atoms with Gasteiger partial charge in [-0.3, -0.25) is 9.79 Å². The van der Waals surface area contributed by atoms with Crippen molar-refractivity contribution in [1.29, 1.82) is 0 Å². The number of nitrogen functional groups attached to an aromatic ring is 1. The Morgan fingerprint density at radius 1 is 1.53 bits per heavy atom. The predicted molar refractivity (Wildman–Crippen MR) is 75.3 cm³/mol. The van der Waals surface area contributed by atoms with Crippen LogP contribution < -0.4 is 15.8 Å². The minimum absolute atomic E-state index is 0.174. The van der Waals surface area contributed by atoms with Crippen LogP contribution in [0.4, 0.5) is 5.69 Å². The molecule has 0 saturated heterocycles. The van der Waals surface area contributed by atoms with Crippen molar-refractivity contribution in [1.82, 2.24) is 5.32 Å². The number of amides is 1. The summed E-state index contributed by atoms with van der Waals surface area (Å²) in [7, 11) is 1.59. The maximum atomic E-state index is 11.5. The molecule has 19 heavy (non-hydrogen) atoms. The first kappa shape index (κ1) is 13.1. The molecular formula is C14H17N3O2. The van der Waals surface area contributed by atoms with Gasteiger partial charge in [0.25, 0.3) is 5.91 Å². The van der Waals surface area contributed by atoms with Gasteiger partial charge in [0.05, 0.1) is 0 Å². The zero-order chi connectivity index (χ0) is 13.8. The molecule has 5 nitrogen and oxygen atoms in total. The molecule has 0 aromatic heterocycles. The van der Waals surface area contributed by atoms with Gasteiger partial charge < -0.3 is 15.8 Å². The number of hydrogen-bond donors (Lipinski definition) is 2. The van der Waals surface area contributed by atoms with Crippen molar-refractivity contribution in [2.45, 2.75) is 19.4 Å². The third kappa shape index (κ3) is 3.13. The van der Waals surface area contributed by atoms with Gasteiger partial charge in [-0.2, -0.15) is 0 Å². The van der Waals surface area contributed by atoms with Crippen molar-refractivity contribution in [2.75, 3.05) is 12.8 Å². The van der Waals surface area contributed by atoms with E-state index in [0.717, 1.165) is 11.3 Å². The van der Waals surface area contributed by atoms with Crippen molar-refractivity contribution in [3.05, 3.63) is 36.0 Å². The van der Waals surface area contributed by atoms with Crippen LogP contribution in [0.25, 0.3) is 0 Å². The number of rotatable bonds is 3. The van der Waals surface area contributed by atoms with E-state index in [0.29, 0.717) is 17.8 Å². The van der Waals surface area contributed by atoms with Crippen LogP contribution >= 0.6 is 0 Å². The summed E-state index contributed by atoms with van der Waals surface area (Å²) in [6.45, 7) is 1.94. The third-order valence-corrected chi connectivity index (χ3v) is 2.89. The first-order valence-corrected chi connectivity index (χ1v) is 6.08. The maximum Gasteiger partial charge on any atom is 0.265 e. The van der Waals surface area contributed by atoms with Crippen LogP contribution in [0, 0.1) is 6.92 Å². The minimum Gasteiger partial charge on any atom is -0.486 e. The van der Waals surface area contributed by atoms with Crippen molar-refractivity contribution >= 4 is 17.3 Å². The molecule has 100 valence electrons. The number of aryl methyl sites for hydroxylation is 1. The molecular weight excluding hydrogens is 242 g/mol. The average Bonchev–Trinajstić information content (AvgIpc) is 2.41. The molecule has 1 aromatic rings. The van der Waals surface area contributed by atoms with Gasteiger partial charge in [0, 0.05) is 25.4 Å². The molecule has 3 N–H and O–H groups in total. The second-order valence-corrected chi connectivity index (χ2v) is 4.38. The number of carbonyl (C=O) groups is 1. The van der Waals surface area contributed by atoms with Gasteiger partial charge in [0.15, 0.2) is 0 Å². The molecule has 0 fully saturated rings. The molecule has 0 radical (unpaired) electrons. The molecule has 1 aliphatic heterocycles. The third-order valence-electron chi connectivity index (χ3n) is 2.89. The van der Waals surface area contributed by atoms with E-state index in [4.69, 9.17) is 10.5 Å². The summed E-state index contributed by atoms with van der Waals surface area (Å²) < 4.78 is 5.86. The summed E-state index contributed by atoms with van der Waals surface area (Å²) in [6, 6.07) is 5.49.